The lowest BCUT2D eigenvalue weighted by molar-refractivity contribution is -0.143. The van der Waals surface area contributed by atoms with Crippen LogP contribution in [0.1, 0.15) is 32.6 Å². The van der Waals surface area contributed by atoms with E-state index in [1.807, 2.05) is 0 Å². The Labute approximate surface area is 142 Å². The molecule has 23 heavy (non-hydrogen) atoms. The van der Waals surface area contributed by atoms with Gasteiger partial charge in [-0.05, 0) is 37.5 Å². The molecular weight excluding hydrogens is 320 g/mol. The number of piperidine rings is 1. The monoisotopic (exact) mass is 348 g/mol. The molecule has 0 spiro atoms. The van der Waals surface area contributed by atoms with Crippen molar-refractivity contribution in [1.29, 1.82) is 0 Å². The van der Waals surface area contributed by atoms with Crippen LogP contribution in [0.4, 0.5) is 0 Å². The maximum Gasteiger partial charge on any atom is 0.253 e. The zero-order valence-electron chi connectivity index (χ0n) is 13.6. The Balaban J connectivity index is 1.88. The van der Waals surface area contributed by atoms with Crippen molar-refractivity contribution in [1.82, 2.24) is 4.90 Å². The number of aliphatic hydroxyl groups is 3. The van der Waals surface area contributed by atoms with Crippen LogP contribution in [-0.4, -0.2) is 69.4 Å². The smallest absolute Gasteiger partial charge is 0.253 e. The van der Waals surface area contributed by atoms with Crippen molar-refractivity contribution < 1.29 is 20.1 Å². The highest BCUT2D eigenvalue weighted by Crippen LogP contribution is 2.37. The minimum absolute atomic E-state index is 0.00730. The quantitative estimate of drug-likeness (QED) is 0.532. The van der Waals surface area contributed by atoms with Crippen LogP contribution in [0.2, 0.25) is 0 Å². The number of likely N-dealkylation sites (tertiary alicyclic amines) is 1. The van der Waals surface area contributed by atoms with Crippen molar-refractivity contribution in [2.24, 2.45) is 23.5 Å². The molecule has 1 aliphatic heterocycles. The average Bonchev–Trinajstić information content (AvgIpc) is 2.56. The number of alkyl halides is 1. The van der Waals surface area contributed by atoms with E-state index in [2.05, 4.69) is 6.92 Å². The van der Waals surface area contributed by atoms with Gasteiger partial charge in [-0.15, -0.1) is 11.6 Å². The van der Waals surface area contributed by atoms with Gasteiger partial charge in [0.25, 0.3) is 5.91 Å². The van der Waals surface area contributed by atoms with Crippen molar-refractivity contribution >= 4 is 17.5 Å². The number of halogens is 1. The number of aliphatic hydroxyl groups excluding tert-OH is 3. The van der Waals surface area contributed by atoms with Gasteiger partial charge in [-0.3, -0.25) is 4.79 Å². The van der Waals surface area contributed by atoms with Crippen molar-refractivity contribution in [2.75, 3.05) is 19.7 Å². The summed E-state index contributed by atoms with van der Waals surface area (Å²) >= 11 is 6.23. The molecule has 5 N–H and O–H groups in total. The van der Waals surface area contributed by atoms with E-state index in [0.717, 1.165) is 19.3 Å². The molecule has 4 unspecified atom stereocenters. The van der Waals surface area contributed by atoms with Gasteiger partial charge in [0.2, 0.25) is 0 Å². The molecule has 1 saturated carbocycles. The lowest BCUT2D eigenvalue weighted by Gasteiger charge is -2.43. The summed E-state index contributed by atoms with van der Waals surface area (Å²) < 4.78 is 0. The molecule has 2 rings (SSSR count). The zero-order chi connectivity index (χ0) is 17.1. The highest BCUT2D eigenvalue weighted by Gasteiger charge is 2.40. The topological polar surface area (TPSA) is 107 Å². The Morgan fingerprint density at radius 2 is 1.96 bits per heavy atom. The average molecular weight is 349 g/mol. The second-order valence-electron chi connectivity index (χ2n) is 7.13. The minimum Gasteiger partial charge on any atom is -0.393 e. The van der Waals surface area contributed by atoms with Gasteiger partial charge in [0.05, 0.1) is 12.7 Å². The number of amides is 1. The van der Waals surface area contributed by atoms with Gasteiger partial charge < -0.3 is 26.0 Å². The molecule has 2 aliphatic rings. The summed E-state index contributed by atoms with van der Waals surface area (Å²) in [5, 5.41) is 28.6. The third-order valence-electron chi connectivity index (χ3n) is 5.57. The second-order valence-corrected chi connectivity index (χ2v) is 7.69. The van der Waals surface area contributed by atoms with Gasteiger partial charge in [-0.1, -0.05) is 6.92 Å². The van der Waals surface area contributed by atoms with Crippen LogP contribution < -0.4 is 5.73 Å². The summed E-state index contributed by atoms with van der Waals surface area (Å²) in [5.41, 5.74) is 6.43. The molecule has 0 bridgehead atoms. The Bertz CT molecular complexity index is 404. The third-order valence-corrected chi connectivity index (χ3v) is 6.18. The van der Waals surface area contributed by atoms with Gasteiger partial charge in [-0.25, -0.2) is 0 Å². The summed E-state index contributed by atoms with van der Waals surface area (Å²) in [4.78, 5) is 13.5. The molecule has 0 aromatic heterocycles. The molecule has 7 heteroatoms. The molecule has 1 amide bonds. The highest BCUT2D eigenvalue weighted by molar-refractivity contribution is 6.20. The van der Waals surface area contributed by atoms with Crippen molar-refractivity contribution in [3.8, 4) is 0 Å². The van der Waals surface area contributed by atoms with Crippen LogP contribution in [0.3, 0.4) is 0 Å². The lowest BCUT2D eigenvalue weighted by atomic mass is 9.71. The first-order chi connectivity index (χ1) is 10.8. The molecular formula is C16H29ClN2O4. The Hall–Kier alpha value is -0.400. The molecule has 1 aliphatic carbocycles. The zero-order valence-corrected chi connectivity index (χ0v) is 14.4. The third kappa shape index (κ3) is 4.37. The first-order valence-corrected chi connectivity index (χ1v) is 8.94. The number of rotatable bonds is 4. The predicted octanol–water partition coefficient (Wildman–Crippen LogP) is -0.0801. The number of nitrogens with two attached hydrogens (primary N) is 1. The van der Waals surface area contributed by atoms with Crippen molar-refractivity contribution in [2.45, 2.75) is 56.2 Å². The molecule has 6 atom stereocenters. The van der Waals surface area contributed by atoms with E-state index >= 15 is 0 Å². The molecule has 0 aromatic carbocycles. The molecule has 0 aromatic rings. The predicted molar refractivity (Wildman–Crippen MR) is 87.9 cm³/mol. The van der Waals surface area contributed by atoms with Crippen LogP contribution in [0, 0.1) is 17.8 Å². The van der Waals surface area contributed by atoms with Gasteiger partial charge in [-0.2, -0.15) is 0 Å². The van der Waals surface area contributed by atoms with Crippen molar-refractivity contribution in [3.05, 3.63) is 0 Å². The lowest BCUT2D eigenvalue weighted by Crippen LogP contribution is -2.52. The maximum atomic E-state index is 11.9. The van der Waals surface area contributed by atoms with E-state index in [1.54, 1.807) is 4.90 Å². The van der Waals surface area contributed by atoms with Crippen LogP contribution >= 0.6 is 11.6 Å². The fraction of sp³-hybridized carbons (Fsp3) is 0.938. The summed E-state index contributed by atoms with van der Waals surface area (Å²) in [5.74, 6) is 0.229. The van der Waals surface area contributed by atoms with Gasteiger partial charge in [0.15, 0.2) is 6.10 Å². The molecule has 6 nitrogen and oxygen atoms in total. The number of hydrogen-bond acceptors (Lipinski definition) is 5. The van der Waals surface area contributed by atoms with Gasteiger partial charge in [0, 0.05) is 30.4 Å². The molecule has 1 saturated heterocycles. The van der Waals surface area contributed by atoms with E-state index in [9.17, 15) is 15.0 Å². The second kappa shape index (κ2) is 8.12. The standard InChI is InChI=1S/C16H29ClN2O4/c1-9-6-11(13(21)7-12(9)17)15(18)10-2-4-19(5-3-10)16(23)14(22)8-20/h9-15,20-22H,2-8,18H2,1H3/t9?,11?,12?,13?,14-,15-/m1/s1. The Morgan fingerprint density at radius 1 is 1.35 bits per heavy atom. The largest absolute Gasteiger partial charge is 0.393 e. The van der Waals surface area contributed by atoms with Gasteiger partial charge in [0.1, 0.15) is 0 Å². The first kappa shape index (κ1) is 18.9. The van der Waals surface area contributed by atoms with E-state index in [0.29, 0.717) is 25.4 Å². The SMILES string of the molecule is CC1CC([C@H](N)C2CCN(C(=O)[C@H](O)CO)CC2)C(O)CC1Cl. The van der Waals surface area contributed by atoms with Crippen LogP contribution in [0.25, 0.3) is 0 Å². The van der Waals surface area contributed by atoms with E-state index < -0.39 is 24.7 Å². The Morgan fingerprint density at radius 3 is 2.52 bits per heavy atom. The number of hydrogen-bond donors (Lipinski definition) is 4. The highest BCUT2D eigenvalue weighted by atomic mass is 35.5. The van der Waals surface area contributed by atoms with Crippen molar-refractivity contribution in [3.63, 3.8) is 0 Å². The molecule has 2 fully saturated rings. The van der Waals surface area contributed by atoms with E-state index in [4.69, 9.17) is 22.4 Å². The summed E-state index contributed by atoms with van der Waals surface area (Å²) in [6, 6.07) is -0.100. The maximum absolute atomic E-state index is 11.9. The van der Waals surface area contributed by atoms with E-state index in [1.165, 1.54) is 0 Å². The van der Waals surface area contributed by atoms with Crippen LogP contribution in [0.5, 0.6) is 0 Å². The Kier molecular flexibility index (Phi) is 6.68. The summed E-state index contributed by atoms with van der Waals surface area (Å²) in [7, 11) is 0. The molecule has 0 radical (unpaired) electrons. The first-order valence-electron chi connectivity index (χ1n) is 8.50. The number of carbonyl (C=O) groups is 1. The fourth-order valence-corrected chi connectivity index (χ4v) is 4.21. The number of carbonyl (C=O) groups excluding carboxylic acids is 1. The fourth-order valence-electron chi connectivity index (χ4n) is 3.93. The van der Waals surface area contributed by atoms with Crippen LogP contribution in [-0.2, 0) is 4.79 Å². The van der Waals surface area contributed by atoms with E-state index in [-0.39, 0.29) is 23.3 Å². The molecule has 134 valence electrons. The molecule has 1 heterocycles. The summed E-state index contributed by atoms with van der Waals surface area (Å²) in [6.45, 7) is 2.61. The normalized spacial score (nSPS) is 35.8. The van der Waals surface area contributed by atoms with Crippen LogP contribution in [0.15, 0.2) is 0 Å². The van der Waals surface area contributed by atoms with Gasteiger partial charge >= 0.3 is 0 Å². The number of nitrogens with zero attached hydrogens (tertiary/aromatic N) is 1. The minimum atomic E-state index is -1.33. The summed E-state index contributed by atoms with van der Waals surface area (Å²) in [6.07, 6.45) is 1.14.